The fourth-order valence-electron chi connectivity index (χ4n) is 2.25. The number of esters is 1. The Hall–Kier alpha value is -1.77. The molecule has 1 aliphatic rings. The van der Waals surface area contributed by atoms with Crippen molar-refractivity contribution in [3.05, 3.63) is 35.4 Å². The lowest BCUT2D eigenvalue weighted by Crippen LogP contribution is -2.19. The molecule has 3 nitrogen and oxygen atoms in total. The van der Waals surface area contributed by atoms with Crippen LogP contribution in [0.4, 0.5) is 0 Å². The Bertz CT molecular complexity index is 489. The first-order valence-corrected chi connectivity index (χ1v) is 6.94. The molecule has 3 heteroatoms. The lowest BCUT2D eigenvalue weighted by Gasteiger charge is -2.18. The van der Waals surface area contributed by atoms with Gasteiger partial charge < -0.3 is 9.84 Å². The number of hydrogen-bond acceptors (Lipinski definition) is 3. The van der Waals surface area contributed by atoms with Gasteiger partial charge in [-0.25, -0.2) is 4.79 Å². The predicted octanol–water partition coefficient (Wildman–Crippen LogP) is 3.75. The number of carbonyl (C=O) groups is 1. The van der Waals surface area contributed by atoms with E-state index in [4.69, 9.17) is 4.74 Å². The SMILES string of the molecule is CCCCCC/C=C1/Cc2cc(O)ccc2OC1=O. The Morgan fingerprint density at radius 2 is 2.16 bits per heavy atom. The van der Waals surface area contributed by atoms with E-state index < -0.39 is 0 Å². The van der Waals surface area contributed by atoms with Crippen LogP contribution >= 0.6 is 0 Å². The molecule has 0 saturated heterocycles. The lowest BCUT2D eigenvalue weighted by atomic mass is 9.99. The van der Waals surface area contributed by atoms with E-state index in [-0.39, 0.29) is 11.7 Å². The van der Waals surface area contributed by atoms with Crippen molar-refractivity contribution in [3.63, 3.8) is 0 Å². The van der Waals surface area contributed by atoms with Crippen LogP contribution in [-0.2, 0) is 11.2 Å². The first-order chi connectivity index (χ1) is 9.20. The van der Waals surface area contributed by atoms with Crippen LogP contribution < -0.4 is 4.74 Å². The maximum absolute atomic E-state index is 11.8. The maximum Gasteiger partial charge on any atom is 0.339 e. The summed E-state index contributed by atoms with van der Waals surface area (Å²) >= 11 is 0. The Morgan fingerprint density at radius 3 is 2.95 bits per heavy atom. The number of allylic oxidation sites excluding steroid dienone is 1. The summed E-state index contributed by atoms with van der Waals surface area (Å²) in [4.78, 5) is 11.8. The van der Waals surface area contributed by atoms with Crippen LogP contribution in [0, 0.1) is 0 Å². The largest absolute Gasteiger partial charge is 0.508 e. The van der Waals surface area contributed by atoms with Crippen LogP contribution in [0.15, 0.2) is 29.8 Å². The number of unbranched alkanes of at least 4 members (excludes halogenated alkanes) is 4. The molecule has 0 radical (unpaired) electrons. The number of hydrogen-bond donors (Lipinski definition) is 1. The highest BCUT2D eigenvalue weighted by atomic mass is 16.5. The van der Waals surface area contributed by atoms with Crippen LogP contribution in [0.25, 0.3) is 0 Å². The zero-order valence-corrected chi connectivity index (χ0v) is 11.3. The molecule has 102 valence electrons. The van der Waals surface area contributed by atoms with E-state index in [0.29, 0.717) is 17.7 Å². The first-order valence-electron chi connectivity index (χ1n) is 6.94. The van der Waals surface area contributed by atoms with Crippen molar-refractivity contribution in [1.82, 2.24) is 0 Å². The summed E-state index contributed by atoms with van der Waals surface area (Å²) in [6.07, 6.45) is 8.21. The van der Waals surface area contributed by atoms with Gasteiger partial charge in [-0.3, -0.25) is 0 Å². The Morgan fingerprint density at radius 1 is 1.32 bits per heavy atom. The number of carbonyl (C=O) groups excluding carboxylic acids is 1. The molecule has 0 bridgehead atoms. The van der Waals surface area contributed by atoms with Crippen LogP contribution in [-0.4, -0.2) is 11.1 Å². The van der Waals surface area contributed by atoms with Crippen LogP contribution in [0.2, 0.25) is 0 Å². The predicted molar refractivity (Wildman–Crippen MR) is 74.3 cm³/mol. The molecular weight excluding hydrogens is 240 g/mol. The zero-order valence-electron chi connectivity index (χ0n) is 11.3. The third-order valence-corrected chi connectivity index (χ3v) is 3.34. The second kappa shape index (κ2) is 6.41. The fourth-order valence-corrected chi connectivity index (χ4v) is 2.25. The van der Waals surface area contributed by atoms with E-state index in [1.54, 1.807) is 12.1 Å². The molecule has 1 aromatic rings. The minimum Gasteiger partial charge on any atom is -0.508 e. The number of fused-ring (bicyclic) bond motifs is 1. The van der Waals surface area contributed by atoms with Crippen molar-refractivity contribution in [2.45, 2.75) is 45.4 Å². The molecule has 0 saturated carbocycles. The highest BCUT2D eigenvalue weighted by Gasteiger charge is 2.22. The van der Waals surface area contributed by atoms with E-state index in [1.807, 2.05) is 6.08 Å². The van der Waals surface area contributed by atoms with Gasteiger partial charge in [0.1, 0.15) is 11.5 Å². The van der Waals surface area contributed by atoms with Gasteiger partial charge in [0.15, 0.2) is 0 Å². The van der Waals surface area contributed by atoms with E-state index in [9.17, 15) is 9.90 Å². The van der Waals surface area contributed by atoms with Crippen molar-refractivity contribution in [3.8, 4) is 11.5 Å². The van der Waals surface area contributed by atoms with Crippen LogP contribution in [0.1, 0.15) is 44.6 Å². The second-order valence-corrected chi connectivity index (χ2v) is 4.94. The van der Waals surface area contributed by atoms with Crippen molar-refractivity contribution >= 4 is 5.97 Å². The van der Waals surface area contributed by atoms with Gasteiger partial charge in [0.2, 0.25) is 0 Å². The molecule has 0 aliphatic carbocycles. The van der Waals surface area contributed by atoms with Gasteiger partial charge >= 0.3 is 5.97 Å². The van der Waals surface area contributed by atoms with Gasteiger partial charge in [0.05, 0.1) is 0 Å². The quantitative estimate of drug-likeness (QED) is 0.379. The van der Waals surface area contributed by atoms with E-state index in [0.717, 1.165) is 18.4 Å². The number of benzene rings is 1. The highest BCUT2D eigenvalue weighted by Crippen LogP contribution is 2.30. The normalized spacial score (nSPS) is 16.3. The molecule has 1 aromatic carbocycles. The van der Waals surface area contributed by atoms with Gasteiger partial charge in [0, 0.05) is 17.6 Å². The monoisotopic (exact) mass is 260 g/mol. The summed E-state index contributed by atoms with van der Waals surface area (Å²) in [5, 5.41) is 9.45. The molecule has 0 aromatic heterocycles. The number of aromatic hydroxyl groups is 1. The smallest absolute Gasteiger partial charge is 0.339 e. The summed E-state index contributed by atoms with van der Waals surface area (Å²) in [5.41, 5.74) is 1.58. The average molecular weight is 260 g/mol. The van der Waals surface area contributed by atoms with Crippen LogP contribution in [0.3, 0.4) is 0 Å². The van der Waals surface area contributed by atoms with E-state index in [1.165, 1.54) is 25.3 Å². The van der Waals surface area contributed by atoms with Crippen molar-refractivity contribution < 1.29 is 14.6 Å². The minimum atomic E-state index is -0.256. The molecule has 2 rings (SSSR count). The summed E-state index contributed by atoms with van der Waals surface area (Å²) < 4.78 is 5.26. The lowest BCUT2D eigenvalue weighted by molar-refractivity contribution is -0.130. The molecule has 0 amide bonds. The van der Waals surface area contributed by atoms with Gasteiger partial charge in [-0.1, -0.05) is 32.3 Å². The Kier molecular flexibility index (Phi) is 4.61. The molecule has 0 spiro atoms. The number of phenols is 1. The van der Waals surface area contributed by atoms with E-state index in [2.05, 4.69) is 6.92 Å². The summed E-state index contributed by atoms with van der Waals surface area (Å²) in [6.45, 7) is 2.18. The third-order valence-electron chi connectivity index (χ3n) is 3.34. The van der Waals surface area contributed by atoms with Crippen LogP contribution in [0.5, 0.6) is 11.5 Å². The minimum absolute atomic E-state index is 0.207. The Balaban J connectivity index is 2.00. The highest BCUT2D eigenvalue weighted by molar-refractivity contribution is 5.92. The van der Waals surface area contributed by atoms with Gasteiger partial charge in [-0.2, -0.15) is 0 Å². The molecule has 19 heavy (non-hydrogen) atoms. The standard InChI is InChI=1S/C16H20O3/c1-2-3-4-5-6-7-12-10-13-11-14(17)8-9-15(13)19-16(12)18/h7-9,11,17H,2-6,10H2,1H3/b12-7-. The molecule has 1 heterocycles. The van der Waals surface area contributed by atoms with E-state index >= 15 is 0 Å². The third kappa shape index (κ3) is 3.60. The van der Waals surface area contributed by atoms with Gasteiger partial charge in [-0.05, 0) is 31.0 Å². The van der Waals surface area contributed by atoms with Crippen molar-refractivity contribution in [2.75, 3.05) is 0 Å². The molecule has 0 fully saturated rings. The number of phenolic OH excluding ortho intramolecular Hbond substituents is 1. The number of rotatable bonds is 5. The van der Waals surface area contributed by atoms with Gasteiger partial charge in [-0.15, -0.1) is 0 Å². The summed E-state index contributed by atoms with van der Waals surface area (Å²) in [6, 6.07) is 4.83. The number of ether oxygens (including phenoxy) is 1. The Labute approximate surface area is 113 Å². The van der Waals surface area contributed by atoms with Gasteiger partial charge in [0.25, 0.3) is 0 Å². The maximum atomic E-state index is 11.8. The van der Waals surface area contributed by atoms with Crippen molar-refractivity contribution in [2.24, 2.45) is 0 Å². The molecule has 1 N–H and O–H groups in total. The average Bonchev–Trinajstić information content (AvgIpc) is 2.39. The first kappa shape index (κ1) is 13.7. The zero-order chi connectivity index (χ0) is 13.7. The topological polar surface area (TPSA) is 46.5 Å². The molecular formula is C16H20O3. The fraction of sp³-hybridized carbons (Fsp3) is 0.438. The molecule has 0 unspecified atom stereocenters. The summed E-state index contributed by atoms with van der Waals surface area (Å²) in [7, 11) is 0. The molecule has 0 atom stereocenters. The second-order valence-electron chi connectivity index (χ2n) is 4.94. The molecule has 1 aliphatic heterocycles. The summed E-state index contributed by atoms with van der Waals surface area (Å²) in [5.74, 6) is 0.513. The van der Waals surface area contributed by atoms with Crippen molar-refractivity contribution in [1.29, 1.82) is 0 Å².